The molecule has 4 heteroatoms. The van der Waals surface area contributed by atoms with E-state index in [0.717, 1.165) is 37.8 Å². The van der Waals surface area contributed by atoms with E-state index in [2.05, 4.69) is 0 Å². The highest BCUT2D eigenvalue weighted by atomic mass is 16.3. The minimum atomic E-state index is -0.700. The second-order valence-corrected chi connectivity index (χ2v) is 6.84. The molecule has 122 valence electrons. The second kappa shape index (κ2) is 7.25. The third-order valence-corrected chi connectivity index (χ3v) is 4.30. The number of benzene rings is 1. The van der Waals surface area contributed by atoms with E-state index in [9.17, 15) is 15.0 Å². The molecule has 1 aliphatic heterocycles. The van der Waals surface area contributed by atoms with Crippen molar-refractivity contribution in [2.45, 2.75) is 57.6 Å². The summed E-state index contributed by atoms with van der Waals surface area (Å²) in [5, 5.41) is 19.3. The molecule has 1 atom stereocenters. The van der Waals surface area contributed by atoms with Crippen molar-refractivity contribution >= 4 is 5.91 Å². The molecule has 1 aliphatic rings. The first-order valence-electron chi connectivity index (χ1n) is 8.14. The lowest BCUT2D eigenvalue weighted by Gasteiger charge is -2.34. The van der Waals surface area contributed by atoms with Gasteiger partial charge in [0.2, 0.25) is 0 Å². The molecule has 0 bridgehead atoms. The van der Waals surface area contributed by atoms with Crippen LogP contribution in [0.3, 0.4) is 0 Å². The van der Waals surface area contributed by atoms with E-state index in [-0.39, 0.29) is 18.6 Å². The number of aliphatic hydroxyl groups excluding tert-OH is 1. The molecule has 22 heavy (non-hydrogen) atoms. The Kier molecular flexibility index (Phi) is 5.59. The van der Waals surface area contributed by atoms with Gasteiger partial charge in [-0.05, 0) is 63.6 Å². The van der Waals surface area contributed by atoms with Crippen molar-refractivity contribution in [1.29, 1.82) is 0 Å². The molecular formula is C18H27NO3. The molecule has 2 rings (SSSR count). The van der Waals surface area contributed by atoms with Crippen LogP contribution in [0.4, 0.5) is 0 Å². The summed E-state index contributed by atoms with van der Waals surface area (Å²) in [6.45, 7) is 4.34. The lowest BCUT2D eigenvalue weighted by atomic mass is 9.97. The molecule has 1 aromatic rings. The van der Waals surface area contributed by atoms with Gasteiger partial charge in [0.25, 0.3) is 5.91 Å². The van der Waals surface area contributed by atoms with Crippen LogP contribution in [0.25, 0.3) is 0 Å². The fraction of sp³-hybridized carbons (Fsp3) is 0.611. The maximum absolute atomic E-state index is 12.7. The summed E-state index contributed by atoms with van der Waals surface area (Å²) in [6.07, 6.45) is 4.35. The molecule has 0 radical (unpaired) electrons. The molecule has 1 aromatic carbocycles. The summed E-state index contributed by atoms with van der Waals surface area (Å²) >= 11 is 0. The normalized spacial score (nSPS) is 19.3. The highest BCUT2D eigenvalue weighted by Gasteiger charge is 2.26. The topological polar surface area (TPSA) is 60.8 Å². The molecular weight excluding hydrogens is 278 g/mol. The molecule has 0 saturated carbocycles. The fourth-order valence-corrected chi connectivity index (χ4v) is 2.93. The Labute approximate surface area is 132 Å². The van der Waals surface area contributed by atoms with Crippen molar-refractivity contribution in [3.63, 3.8) is 0 Å². The van der Waals surface area contributed by atoms with E-state index in [1.807, 2.05) is 24.3 Å². The number of aryl methyl sites for hydroxylation is 1. The summed E-state index contributed by atoms with van der Waals surface area (Å²) in [7, 11) is 0. The number of likely N-dealkylation sites (tertiary alicyclic amines) is 1. The fourth-order valence-electron chi connectivity index (χ4n) is 2.93. The minimum Gasteiger partial charge on any atom is -0.394 e. The van der Waals surface area contributed by atoms with Crippen LogP contribution in [0.2, 0.25) is 0 Å². The molecule has 0 aliphatic carbocycles. The first-order chi connectivity index (χ1) is 10.4. The van der Waals surface area contributed by atoms with Crippen LogP contribution in [-0.2, 0) is 6.42 Å². The van der Waals surface area contributed by atoms with E-state index in [4.69, 9.17) is 0 Å². The van der Waals surface area contributed by atoms with Gasteiger partial charge in [-0.15, -0.1) is 0 Å². The minimum absolute atomic E-state index is 0.00357. The van der Waals surface area contributed by atoms with Gasteiger partial charge in [-0.1, -0.05) is 12.1 Å². The number of rotatable bonds is 5. The van der Waals surface area contributed by atoms with Crippen LogP contribution in [0, 0.1) is 0 Å². The maximum Gasteiger partial charge on any atom is 0.254 e. The second-order valence-electron chi connectivity index (χ2n) is 6.84. The Morgan fingerprint density at radius 3 is 2.82 bits per heavy atom. The van der Waals surface area contributed by atoms with Gasteiger partial charge in [0.15, 0.2) is 0 Å². The Morgan fingerprint density at radius 2 is 2.14 bits per heavy atom. The van der Waals surface area contributed by atoms with Crippen molar-refractivity contribution in [3.05, 3.63) is 35.4 Å². The highest BCUT2D eigenvalue weighted by Crippen LogP contribution is 2.21. The Balaban J connectivity index is 2.09. The maximum atomic E-state index is 12.7. The quantitative estimate of drug-likeness (QED) is 0.878. The van der Waals surface area contributed by atoms with Crippen molar-refractivity contribution in [1.82, 2.24) is 4.90 Å². The highest BCUT2D eigenvalue weighted by molar-refractivity contribution is 5.94. The smallest absolute Gasteiger partial charge is 0.254 e. The number of aliphatic hydroxyl groups is 2. The SMILES string of the molecule is CC(C)(O)CCc1cccc(C(=O)N2CCCC[C@H]2CO)c1. The Bertz CT molecular complexity index is 507. The monoisotopic (exact) mass is 305 g/mol. The largest absolute Gasteiger partial charge is 0.394 e. The number of amides is 1. The zero-order chi connectivity index (χ0) is 16.2. The Hall–Kier alpha value is -1.39. The van der Waals surface area contributed by atoms with Crippen LogP contribution in [0.5, 0.6) is 0 Å². The zero-order valence-corrected chi connectivity index (χ0v) is 13.6. The average Bonchev–Trinajstić information content (AvgIpc) is 2.52. The van der Waals surface area contributed by atoms with E-state index in [1.165, 1.54) is 0 Å². The van der Waals surface area contributed by atoms with E-state index in [1.54, 1.807) is 18.7 Å². The van der Waals surface area contributed by atoms with Gasteiger partial charge < -0.3 is 15.1 Å². The molecule has 0 spiro atoms. The van der Waals surface area contributed by atoms with Gasteiger partial charge >= 0.3 is 0 Å². The first kappa shape index (κ1) is 17.0. The van der Waals surface area contributed by atoms with Gasteiger partial charge in [-0.25, -0.2) is 0 Å². The van der Waals surface area contributed by atoms with Gasteiger partial charge in [-0.2, -0.15) is 0 Å². The summed E-state index contributed by atoms with van der Waals surface area (Å²) < 4.78 is 0. The zero-order valence-electron chi connectivity index (χ0n) is 13.6. The van der Waals surface area contributed by atoms with E-state index >= 15 is 0 Å². The molecule has 0 aromatic heterocycles. The third-order valence-electron chi connectivity index (χ3n) is 4.30. The Morgan fingerprint density at radius 1 is 1.36 bits per heavy atom. The third kappa shape index (κ3) is 4.55. The van der Waals surface area contributed by atoms with E-state index < -0.39 is 5.60 Å². The molecule has 1 amide bonds. The summed E-state index contributed by atoms with van der Waals surface area (Å²) in [6, 6.07) is 7.57. The van der Waals surface area contributed by atoms with E-state index in [0.29, 0.717) is 12.0 Å². The molecule has 4 nitrogen and oxygen atoms in total. The van der Waals surface area contributed by atoms with Crippen LogP contribution in [0.15, 0.2) is 24.3 Å². The van der Waals surface area contributed by atoms with Gasteiger partial charge in [0.05, 0.1) is 18.2 Å². The number of hydrogen-bond acceptors (Lipinski definition) is 3. The number of carbonyl (C=O) groups is 1. The van der Waals surface area contributed by atoms with Crippen LogP contribution in [0.1, 0.15) is 55.5 Å². The predicted molar refractivity (Wildman–Crippen MR) is 86.8 cm³/mol. The molecule has 2 N–H and O–H groups in total. The number of carbonyl (C=O) groups excluding carboxylic acids is 1. The summed E-state index contributed by atoms with van der Waals surface area (Å²) in [5.74, 6) is 0.00357. The standard InChI is InChI=1S/C18H27NO3/c1-18(2,22)10-9-14-6-5-7-15(12-14)17(21)19-11-4-3-8-16(19)13-20/h5-7,12,16,20,22H,3-4,8-11,13H2,1-2H3/t16-/m0/s1. The van der Waals surface area contributed by atoms with Crippen molar-refractivity contribution in [2.75, 3.05) is 13.2 Å². The number of hydrogen-bond donors (Lipinski definition) is 2. The summed E-state index contributed by atoms with van der Waals surface area (Å²) in [4.78, 5) is 14.5. The van der Waals surface area contributed by atoms with Gasteiger partial charge in [-0.3, -0.25) is 4.79 Å². The molecule has 0 unspecified atom stereocenters. The van der Waals surface area contributed by atoms with Gasteiger partial charge in [0, 0.05) is 12.1 Å². The molecule has 1 saturated heterocycles. The van der Waals surface area contributed by atoms with Crippen LogP contribution in [-0.4, -0.2) is 45.8 Å². The van der Waals surface area contributed by atoms with Crippen LogP contribution >= 0.6 is 0 Å². The van der Waals surface area contributed by atoms with Crippen molar-refractivity contribution < 1.29 is 15.0 Å². The molecule has 1 heterocycles. The van der Waals surface area contributed by atoms with Crippen LogP contribution < -0.4 is 0 Å². The summed E-state index contributed by atoms with van der Waals surface area (Å²) in [5.41, 5.74) is 1.04. The first-order valence-corrected chi connectivity index (χ1v) is 8.14. The molecule has 1 fully saturated rings. The van der Waals surface area contributed by atoms with Crippen molar-refractivity contribution in [3.8, 4) is 0 Å². The number of piperidine rings is 1. The lowest BCUT2D eigenvalue weighted by molar-refractivity contribution is 0.0503. The average molecular weight is 305 g/mol. The number of nitrogens with zero attached hydrogens (tertiary/aromatic N) is 1. The lowest BCUT2D eigenvalue weighted by Crippen LogP contribution is -2.45. The predicted octanol–water partition coefficient (Wildman–Crippen LogP) is 2.38. The van der Waals surface area contributed by atoms with Crippen molar-refractivity contribution in [2.24, 2.45) is 0 Å². The van der Waals surface area contributed by atoms with Gasteiger partial charge in [0.1, 0.15) is 0 Å².